The first-order valence-corrected chi connectivity index (χ1v) is 8.48. The molecule has 0 saturated carbocycles. The zero-order valence-corrected chi connectivity index (χ0v) is 15.3. The van der Waals surface area contributed by atoms with E-state index in [1.807, 2.05) is 12.1 Å². The SMILES string of the molecule is COc1nccc(I)c1C1=Cc2ccc(CC(=O)C(F)(F)F)cc2C1. The van der Waals surface area contributed by atoms with Crippen molar-refractivity contribution in [2.75, 3.05) is 7.11 Å². The van der Waals surface area contributed by atoms with Crippen molar-refractivity contribution in [1.29, 1.82) is 0 Å². The fourth-order valence-corrected chi connectivity index (χ4v) is 3.56. The minimum atomic E-state index is -4.80. The summed E-state index contributed by atoms with van der Waals surface area (Å²) in [7, 11) is 1.55. The number of halogens is 4. The van der Waals surface area contributed by atoms with E-state index >= 15 is 0 Å². The number of alkyl halides is 3. The summed E-state index contributed by atoms with van der Waals surface area (Å²) < 4.78 is 43.6. The number of fused-ring (bicyclic) bond motifs is 1. The van der Waals surface area contributed by atoms with Crippen molar-refractivity contribution in [3.05, 3.63) is 56.3 Å². The van der Waals surface area contributed by atoms with E-state index in [0.717, 1.165) is 25.8 Å². The minimum absolute atomic E-state index is 0.364. The van der Waals surface area contributed by atoms with Crippen molar-refractivity contribution >= 4 is 40.0 Å². The number of hydrogen-bond acceptors (Lipinski definition) is 3. The van der Waals surface area contributed by atoms with Crippen molar-refractivity contribution < 1.29 is 22.7 Å². The first-order valence-electron chi connectivity index (χ1n) is 7.41. The number of allylic oxidation sites excluding steroid dienone is 1. The summed E-state index contributed by atoms with van der Waals surface area (Å²) in [6.07, 6.45) is -1.25. The summed E-state index contributed by atoms with van der Waals surface area (Å²) in [6, 6.07) is 6.85. The van der Waals surface area contributed by atoms with Gasteiger partial charge in [0.1, 0.15) is 0 Å². The Bertz CT molecular complexity index is 875. The minimum Gasteiger partial charge on any atom is -0.481 e. The van der Waals surface area contributed by atoms with E-state index in [1.165, 1.54) is 0 Å². The Morgan fingerprint density at radius 2 is 2.08 bits per heavy atom. The lowest BCUT2D eigenvalue weighted by atomic mass is 10.0. The Labute approximate surface area is 156 Å². The third-order valence-corrected chi connectivity index (χ3v) is 4.88. The maximum atomic E-state index is 12.4. The summed E-state index contributed by atoms with van der Waals surface area (Å²) in [4.78, 5) is 15.4. The second-order valence-corrected chi connectivity index (χ2v) is 6.82. The molecule has 0 fully saturated rings. The molecule has 3 rings (SSSR count). The fourth-order valence-electron chi connectivity index (χ4n) is 2.82. The molecule has 0 radical (unpaired) electrons. The van der Waals surface area contributed by atoms with E-state index in [1.54, 1.807) is 31.5 Å². The van der Waals surface area contributed by atoms with Gasteiger partial charge in [-0.25, -0.2) is 4.98 Å². The number of benzene rings is 1. The zero-order valence-electron chi connectivity index (χ0n) is 13.2. The van der Waals surface area contributed by atoms with Gasteiger partial charge < -0.3 is 4.74 Å². The molecule has 1 aromatic heterocycles. The highest BCUT2D eigenvalue weighted by Crippen LogP contribution is 2.37. The lowest BCUT2D eigenvalue weighted by Gasteiger charge is -2.10. The van der Waals surface area contributed by atoms with Crippen LogP contribution in [0.15, 0.2) is 30.5 Å². The summed E-state index contributed by atoms with van der Waals surface area (Å²) >= 11 is 2.20. The van der Waals surface area contributed by atoms with E-state index in [4.69, 9.17) is 4.74 Å². The molecule has 1 aromatic carbocycles. The van der Waals surface area contributed by atoms with Crippen LogP contribution in [0.25, 0.3) is 11.6 Å². The molecule has 3 nitrogen and oxygen atoms in total. The molecule has 0 unspecified atom stereocenters. The van der Waals surface area contributed by atoms with Gasteiger partial charge in [-0.2, -0.15) is 13.2 Å². The van der Waals surface area contributed by atoms with Gasteiger partial charge in [-0.1, -0.05) is 24.3 Å². The lowest BCUT2D eigenvalue weighted by molar-refractivity contribution is -0.170. The largest absolute Gasteiger partial charge is 0.481 e. The number of nitrogens with zero attached hydrogens (tertiary/aromatic N) is 1. The predicted molar refractivity (Wildman–Crippen MR) is 96.3 cm³/mol. The van der Waals surface area contributed by atoms with Crippen LogP contribution >= 0.6 is 22.6 Å². The second kappa shape index (κ2) is 6.78. The van der Waals surface area contributed by atoms with Crippen LogP contribution in [-0.4, -0.2) is 24.1 Å². The van der Waals surface area contributed by atoms with Crippen LogP contribution < -0.4 is 4.74 Å². The quantitative estimate of drug-likeness (QED) is 0.634. The molecule has 0 aliphatic heterocycles. The Morgan fingerprint density at radius 1 is 1.32 bits per heavy atom. The van der Waals surface area contributed by atoms with Crippen LogP contribution in [-0.2, 0) is 17.6 Å². The van der Waals surface area contributed by atoms with Gasteiger partial charge in [0.15, 0.2) is 0 Å². The molecule has 0 saturated heterocycles. The fraction of sp³-hybridized carbons (Fsp3) is 0.222. The number of carbonyl (C=O) groups excluding carboxylic acids is 1. The second-order valence-electron chi connectivity index (χ2n) is 5.65. The molecular formula is C18H13F3INO2. The van der Waals surface area contributed by atoms with Crippen LogP contribution in [0.4, 0.5) is 13.2 Å². The number of ketones is 1. The molecular weight excluding hydrogens is 446 g/mol. The van der Waals surface area contributed by atoms with Crippen molar-refractivity contribution in [3.8, 4) is 5.88 Å². The number of ether oxygens (including phenoxy) is 1. The smallest absolute Gasteiger partial charge is 0.450 e. The standard InChI is InChI=1S/C18H13F3INO2/c1-25-17-16(14(22)4-5-23-17)13-8-11-3-2-10(6-12(11)9-13)7-15(24)18(19,20)21/h2-6,8H,7,9H2,1H3. The zero-order chi connectivity index (χ0) is 18.2. The Morgan fingerprint density at radius 3 is 2.76 bits per heavy atom. The molecule has 1 heterocycles. The Balaban J connectivity index is 1.87. The number of hydrogen-bond donors (Lipinski definition) is 0. The van der Waals surface area contributed by atoms with Gasteiger partial charge in [-0.05, 0) is 57.3 Å². The van der Waals surface area contributed by atoms with Crippen molar-refractivity contribution in [3.63, 3.8) is 0 Å². The monoisotopic (exact) mass is 459 g/mol. The number of carbonyl (C=O) groups is 1. The van der Waals surface area contributed by atoms with E-state index < -0.39 is 18.4 Å². The average Bonchev–Trinajstić information content (AvgIpc) is 2.96. The highest BCUT2D eigenvalue weighted by Gasteiger charge is 2.37. The van der Waals surface area contributed by atoms with Gasteiger partial charge >= 0.3 is 6.18 Å². The third-order valence-electron chi connectivity index (χ3n) is 3.98. The van der Waals surface area contributed by atoms with Crippen LogP contribution in [0.1, 0.15) is 22.3 Å². The molecule has 1 aliphatic rings. The van der Waals surface area contributed by atoms with Gasteiger partial charge in [0.2, 0.25) is 11.7 Å². The summed E-state index contributed by atoms with van der Waals surface area (Å²) in [5.41, 5.74) is 4.06. The summed E-state index contributed by atoms with van der Waals surface area (Å²) in [5, 5.41) is 0. The summed E-state index contributed by atoms with van der Waals surface area (Å²) in [5.74, 6) is -1.22. The molecule has 0 bridgehead atoms. The lowest BCUT2D eigenvalue weighted by Crippen LogP contribution is -2.24. The number of rotatable bonds is 4. The molecule has 0 N–H and O–H groups in total. The summed E-state index contributed by atoms with van der Waals surface area (Å²) in [6.45, 7) is 0. The maximum absolute atomic E-state index is 12.4. The van der Waals surface area contributed by atoms with Crippen LogP contribution in [0, 0.1) is 3.57 Å². The number of Topliss-reactive ketones (excluding diaryl/α,β-unsaturated/α-hetero) is 1. The van der Waals surface area contributed by atoms with E-state index in [9.17, 15) is 18.0 Å². The van der Waals surface area contributed by atoms with Gasteiger partial charge in [0.05, 0.1) is 12.7 Å². The normalized spacial score (nSPS) is 13.4. The number of pyridine rings is 1. The van der Waals surface area contributed by atoms with Crippen LogP contribution in [0.2, 0.25) is 0 Å². The van der Waals surface area contributed by atoms with Gasteiger partial charge in [-0.15, -0.1) is 0 Å². The Kier molecular flexibility index (Phi) is 4.86. The topological polar surface area (TPSA) is 39.2 Å². The van der Waals surface area contributed by atoms with E-state index in [-0.39, 0.29) is 0 Å². The molecule has 0 amide bonds. The van der Waals surface area contributed by atoms with Gasteiger partial charge in [-0.3, -0.25) is 4.79 Å². The molecule has 7 heteroatoms. The highest BCUT2D eigenvalue weighted by atomic mass is 127. The van der Waals surface area contributed by atoms with Crippen LogP contribution in [0.5, 0.6) is 5.88 Å². The van der Waals surface area contributed by atoms with Crippen molar-refractivity contribution in [2.24, 2.45) is 0 Å². The molecule has 1 aliphatic carbocycles. The maximum Gasteiger partial charge on any atom is 0.450 e. The number of methoxy groups -OCH3 is 1. The van der Waals surface area contributed by atoms with Crippen molar-refractivity contribution in [1.82, 2.24) is 4.98 Å². The first kappa shape index (κ1) is 17.9. The molecule has 2 aromatic rings. The predicted octanol–water partition coefficient (Wildman–Crippen LogP) is 4.47. The molecule has 130 valence electrons. The number of aromatic nitrogens is 1. The molecule has 0 atom stereocenters. The molecule has 25 heavy (non-hydrogen) atoms. The highest BCUT2D eigenvalue weighted by molar-refractivity contribution is 14.1. The van der Waals surface area contributed by atoms with E-state index in [2.05, 4.69) is 27.6 Å². The van der Waals surface area contributed by atoms with E-state index in [0.29, 0.717) is 17.9 Å². The third kappa shape index (κ3) is 3.70. The molecule has 0 spiro atoms. The first-order chi connectivity index (χ1) is 11.8. The van der Waals surface area contributed by atoms with Gasteiger partial charge in [0, 0.05) is 16.2 Å². The average molecular weight is 459 g/mol. The van der Waals surface area contributed by atoms with Crippen LogP contribution in [0.3, 0.4) is 0 Å². The Hall–Kier alpha value is -1.90. The van der Waals surface area contributed by atoms with Crippen molar-refractivity contribution in [2.45, 2.75) is 19.0 Å². The van der Waals surface area contributed by atoms with Gasteiger partial charge in [0.25, 0.3) is 0 Å².